The highest BCUT2D eigenvalue weighted by molar-refractivity contribution is 5.80. The van der Waals surface area contributed by atoms with E-state index in [-0.39, 0.29) is 18.1 Å². The second kappa shape index (κ2) is 11.0. The van der Waals surface area contributed by atoms with Crippen molar-refractivity contribution >= 4 is 11.9 Å². The maximum absolute atomic E-state index is 12.7. The maximum Gasteiger partial charge on any atom is 0.222 e. The van der Waals surface area contributed by atoms with Crippen molar-refractivity contribution in [1.82, 2.24) is 15.1 Å². The first-order valence-electron chi connectivity index (χ1n) is 11.9. The highest BCUT2D eigenvalue weighted by atomic mass is 16.5. The summed E-state index contributed by atoms with van der Waals surface area (Å²) in [7, 11) is 0. The van der Waals surface area contributed by atoms with Crippen LogP contribution in [0.4, 0.5) is 0 Å². The molecule has 2 saturated heterocycles. The molecule has 1 aromatic carbocycles. The minimum absolute atomic E-state index is 0.115. The predicted molar refractivity (Wildman–Crippen MR) is 121 cm³/mol. The van der Waals surface area contributed by atoms with Crippen molar-refractivity contribution in [3.63, 3.8) is 0 Å². The van der Waals surface area contributed by atoms with E-state index in [4.69, 9.17) is 14.5 Å². The van der Waals surface area contributed by atoms with Gasteiger partial charge in [-0.25, -0.2) is 0 Å². The number of hydrogen-bond acceptors (Lipinski definition) is 4. The third-order valence-electron chi connectivity index (χ3n) is 6.40. The number of amides is 1. The normalized spacial score (nSPS) is 24.2. The third kappa shape index (κ3) is 5.77. The smallest absolute Gasteiger partial charge is 0.222 e. The molecule has 170 valence electrons. The van der Waals surface area contributed by atoms with Crippen molar-refractivity contribution in [2.45, 2.75) is 57.8 Å². The van der Waals surface area contributed by atoms with Crippen LogP contribution in [0.15, 0.2) is 29.3 Å². The number of nitrogens with one attached hydrogen (secondary N) is 1. The van der Waals surface area contributed by atoms with Crippen LogP contribution >= 0.6 is 0 Å². The van der Waals surface area contributed by atoms with Gasteiger partial charge in [0, 0.05) is 52.3 Å². The van der Waals surface area contributed by atoms with Gasteiger partial charge in [0.15, 0.2) is 5.96 Å². The van der Waals surface area contributed by atoms with E-state index in [1.807, 2.05) is 4.90 Å². The van der Waals surface area contributed by atoms with Crippen LogP contribution in [0, 0.1) is 0 Å². The monoisotopic (exact) mass is 428 g/mol. The lowest BCUT2D eigenvalue weighted by Crippen LogP contribution is -2.53. The number of rotatable bonds is 6. The molecule has 7 nitrogen and oxygen atoms in total. The summed E-state index contributed by atoms with van der Waals surface area (Å²) in [4.78, 5) is 21.8. The zero-order valence-electron chi connectivity index (χ0n) is 18.7. The minimum Gasteiger partial charge on any atom is -0.375 e. The van der Waals surface area contributed by atoms with Gasteiger partial charge in [0.1, 0.15) is 6.10 Å². The van der Waals surface area contributed by atoms with Crippen molar-refractivity contribution < 1.29 is 14.3 Å². The second-order valence-electron chi connectivity index (χ2n) is 8.58. The summed E-state index contributed by atoms with van der Waals surface area (Å²) in [6.07, 6.45) is 4.79. The van der Waals surface area contributed by atoms with Crippen molar-refractivity contribution in [1.29, 1.82) is 0 Å². The molecule has 2 unspecified atom stereocenters. The fraction of sp³-hybridized carbons (Fsp3) is 0.667. The molecule has 0 radical (unpaired) electrons. The summed E-state index contributed by atoms with van der Waals surface area (Å²) in [6, 6.07) is 8.43. The third-order valence-corrected chi connectivity index (χ3v) is 6.40. The summed E-state index contributed by atoms with van der Waals surface area (Å²) < 4.78 is 11.8. The highest BCUT2D eigenvalue weighted by Gasteiger charge is 2.32. The molecule has 3 heterocycles. The van der Waals surface area contributed by atoms with Crippen LogP contribution in [0.25, 0.3) is 0 Å². The number of hydrogen-bond donors (Lipinski definition) is 1. The van der Waals surface area contributed by atoms with Crippen LogP contribution in [0.2, 0.25) is 0 Å². The predicted octanol–water partition coefficient (Wildman–Crippen LogP) is 2.20. The topological polar surface area (TPSA) is 66.4 Å². The Kier molecular flexibility index (Phi) is 7.81. The summed E-state index contributed by atoms with van der Waals surface area (Å²) in [5, 5.41) is 3.41. The summed E-state index contributed by atoms with van der Waals surface area (Å²) in [5.41, 5.74) is 2.65. The lowest BCUT2D eigenvalue weighted by Gasteiger charge is -2.37. The molecule has 2 atom stereocenters. The average molecular weight is 429 g/mol. The molecule has 7 heteroatoms. The number of aliphatic imine (C=N–C) groups is 1. The SMILES string of the molecule is CCNC(=NCCCC(=O)N1CCc2ccccc2C1)N1CCOC(C2CCCO2)C1. The molecule has 2 fully saturated rings. The maximum atomic E-state index is 12.7. The Hall–Kier alpha value is -2.12. The Morgan fingerprint density at radius 1 is 1.13 bits per heavy atom. The van der Waals surface area contributed by atoms with Gasteiger partial charge in [0.25, 0.3) is 0 Å². The van der Waals surface area contributed by atoms with Gasteiger partial charge in [-0.05, 0) is 43.7 Å². The van der Waals surface area contributed by atoms with Gasteiger partial charge in [-0.1, -0.05) is 24.3 Å². The van der Waals surface area contributed by atoms with E-state index in [2.05, 4.69) is 41.4 Å². The second-order valence-corrected chi connectivity index (χ2v) is 8.58. The average Bonchev–Trinajstić information content (AvgIpc) is 3.36. The van der Waals surface area contributed by atoms with E-state index in [0.29, 0.717) is 19.6 Å². The van der Waals surface area contributed by atoms with Gasteiger partial charge in [-0.3, -0.25) is 9.79 Å². The fourth-order valence-electron chi connectivity index (χ4n) is 4.70. The molecule has 3 aliphatic rings. The molecule has 1 aromatic rings. The largest absolute Gasteiger partial charge is 0.375 e. The molecule has 0 saturated carbocycles. The first-order valence-corrected chi connectivity index (χ1v) is 11.9. The molecule has 3 aliphatic heterocycles. The van der Waals surface area contributed by atoms with E-state index in [0.717, 1.165) is 71.0 Å². The van der Waals surface area contributed by atoms with Gasteiger partial charge < -0.3 is 24.6 Å². The van der Waals surface area contributed by atoms with Crippen LogP contribution in [0.5, 0.6) is 0 Å². The Morgan fingerprint density at radius 3 is 2.77 bits per heavy atom. The van der Waals surface area contributed by atoms with Gasteiger partial charge >= 0.3 is 0 Å². The molecule has 4 rings (SSSR count). The first kappa shape index (κ1) is 22.1. The summed E-state index contributed by atoms with van der Waals surface area (Å²) in [6.45, 7) is 8.31. The van der Waals surface area contributed by atoms with Crippen molar-refractivity contribution in [3.8, 4) is 0 Å². The molecule has 0 aliphatic carbocycles. The van der Waals surface area contributed by atoms with E-state index in [1.54, 1.807) is 0 Å². The fourth-order valence-corrected chi connectivity index (χ4v) is 4.70. The van der Waals surface area contributed by atoms with E-state index >= 15 is 0 Å². The van der Waals surface area contributed by atoms with Crippen molar-refractivity contribution in [3.05, 3.63) is 35.4 Å². The molecule has 0 aromatic heterocycles. The van der Waals surface area contributed by atoms with Crippen LogP contribution < -0.4 is 5.32 Å². The number of morpholine rings is 1. The molecular weight excluding hydrogens is 392 g/mol. The van der Waals surface area contributed by atoms with Gasteiger partial charge in [0.05, 0.1) is 12.7 Å². The lowest BCUT2D eigenvalue weighted by molar-refractivity contribution is -0.132. The van der Waals surface area contributed by atoms with Crippen LogP contribution in [-0.4, -0.2) is 79.8 Å². The molecule has 31 heavy (non-hydrogen) atoms. The quantitative estimate of drug-likeness (QED) is 0.428. The Labute approximate surface area is 185 Å². The molecule has 1 N–H and O–H groups in total. The minimum atomic E-state index is 0.115. The number of benzene rings is 1. The van der Waals surface area contributed by atoms with Crippen LogP contribution in [-0.2, 0) is 27.2 Å². The molecular formula is C24H36N4O3. The van der Waals surface area contributed by atoms with Gasteiger partial charge in [0.2, 0.25) is 5.91 Å². The van der Waals surface area contributed by atoms with Crippen LogP contribution in [0.3, 0.4) is 0 Å². The first-order chi connectivity index (χ1) is 15.2. The van der Waals surface area contributed by atoms with Gasteiger partial charge in [-0.15, -0.1) is 0 Å². The van der Waals surface area contributed by atoms with Gasteiger partial charge in [-0.2, -0.15) is 0 Å². The zero-order chi connectivity index (χ0) is 21.5. The standard InChI is InChI=1S/C24H36N4O3/c1-2-25-24(28-14-16-31-22(18-28)21-9-6-15-30-21)26-12-5-10-23(29)27-13-11-19-7-3-4-8-20(19)17-27/h3-4,7-8,21-22H,2,5-6,9-18H2,1H3,(H,25,26). The number of guanidine groups is 1. The van der Waals surface area contributed by atoms with E-state index in [9.17, 15) is 4.79 Å². The number of nitrogens with zero attached hydrogens (tertiary/aromatic N) is 3. The number of fused-ring (bicyclic) bond motifs is 1. The van der Waals surface area contributed by atoms with E-state index in [1.165, 1.54) is 11.1 Å². The summed E-state index contributed by atoms with van der Waals surface area (Å²) in [5.74, 6) is 1.16. The Bertz CT molecular complexity index is 763. The Balaban J connectivity index is 1.25. The Morgan fingerprint density at radius 2 is 1.97 bits per heavy atom. The van der Waals surface area contributed by atoms with Crippen LogP contribution in [0.1, 0.15) is 43.7 Å². The zero-order valence-corrected chi connectivity index (χ0v) is 18.7. The number of ether oxygens (including phenoxy) is 2. The van der Waals surface area contributed by atoms with Crippen molar-refractivity contribution in [2.24, 2.45) is 4.99 Å². The summed E-state index contributed by atoms with van der Waals surface area (Å²) >= 11 is 0. The van der Waals surface area contributed by atoms with Crippen molar-refractivity contribution in [2.75, 3.05) is 45.9 Å². The molecule has 1 amide bonds. The highest BCUT2D eigenvalue weighted by Crippen LogP contribution is 2.21. The number of carbonyl (C=O) groups is 1. The molecule has 0 spiro atoms. The molecule has 0 bridgehead atoms. The van der Waals surface area contributed by atoms with E-state index < -0.39 is 0 Å². The number of carbonyl (C=O) groups excluding carboxylic acids is 1. The lowest BCUT2D eigenvalue weighted by atomic mass is 9.99.